The van der Waals surface area contributed by atoms with Gasteiger partial charge in [-0.05, 0) is 24.1 Å². The lowest BCUT2D eigenvalue weighted by Crippen LogP contribution is -2.38. The molecule has 5 heteroatoms. The largest absolute Gasteiger partial charge is 0.494 e. The number of guanidine groups is 1. The van der Waals surface area contributed by atoms with E-state index in [9.17, 15) is 4.39 Å². The van der Waals surface area contributed by atoms with Gasteiger partial charge in [0.1, 0.15) is 0 Å². The summed E-state index contributed by atoms with van der Waals surface area (Å²) in [5, 5.41) is 3.02. The zero-order valence-electron chi connectivity index (χ0n) is 9.03. The number of nitrogens with two attached hydrogens (primary N) is 1. The van der Waals surface area contributed by atoms with Crippen molar-refractivity contribution >= 4 is 5.96 Å². The second kappa shape index (κ2) is 4.38. The van der Waals surface area contributed by atoms with Gasteiger partial charge in [-0.25, -0.2) is 4.39 Å². The van der Waals surface area contributed by atoms with E-state index in [1.807, 2.05) is 6.07 Å². The zero-order valence-corrected chi connectivity index (χ0v) is 9.03. The van der Waals surface area contributed by atoms with Crippen molar-refractivity contribution in [3.05, 3.63) is 29.6 Å². The minimum absolute atomic E-state index is 0.0258. The maximum Gasteiger partial charge on any atom is 0.189 e. The Balaban J connectivity index is 2.21. The molecule has 16 heavy (non-hydrogen) atoms. The molecule has 1 heterocycles. The van der Waals surface area contributed by atoms with E-state index in [4.69, 9.17) is 10.5 Å². The van der Waals surface area contributed by atoms with Crippen LogP contribution in [0.15, 0.2) is 23.2 Å². The van der Waals surface area contributed by atoms with Crippen molar-refractivity contribution in [2.24, 2.45) is 10.7 Å². The van der Waals surface area contributed by atoms with Crippen molar-refractivity contribution in [1.29, 1.82) is 0 Å². The van der Waals surface area contributed by atoms with Crippen LogP contribution in [0.1, 0.15) is 18.0 Å². The lowest BCUT2D eigenvalue weighted by molar-refractivity contribution is 0.385. The Labute approximate surface area is 93.3 Å². The molecule has 0 saturated carbocycles. The summed E-state index contributed by atoms with van der Waals surface area (Å²) in [5.41, 5.74) is 6.43. The second-order valence-electron chi connectivity index (χ2n) is 3.65. The Morgan fingerprint density at radius 2 is 2.38 bits per heavy atom. The summed E-state index contributed by atoms with van der Waals surface area (Å²) in [7, 11) is 1.45. The summed E-state index contributed by atoms with van der Waals surface area (Å²) in [6, 6.07) is 4.94. The number of nitrogens with one attached hydrogen (secondary N) is 1. The van der Waals surface area contributed by atoms with Gasteiger partial charge in [0.05, 0.1) is 13.2 Å². The van der Waals surface area contributed by atoms with E-state index in [0.717, 1.165) is 12.0 Å². The Morgan fingerprint density at radius 3 is 3.00 bits per heavy atom. The fourth-order valence-electron chi connectivity index (χ4n) is 1.76. The van der Waals surface area contributed by atoms with Crippen molar-refractivity contribution in [3.8, 4) is 5.75 Å². The van der Waals surface area contributed by atoms with Gasteiger partial charge in [0.25, 0.3) is 0 Å². The molecule has 0 aromatic heterocycles. The van der Waals surface area contributed by atoms with Crippen molar-refractivity contribution in [2.75, 3.05) is 13.7 Å². The zero-order chi connectivity index (χ0) is 11.5. The van der Waals surface area contributed by atoms with Crippen LogP contribution >= 0.6 is 0 Å². The molecule has 0 radical (unpaired) electrons. The predicted octanol–water partition coefficient (Wildman–Crippen LogP) is 1.18. The van der Waals surface area contributed by atoms with E-state index < -0.39 is 0 Å². The summed E-state index contributed by atoms with van der Waals surface area (Å²) in [6.45, 7) is 0.664. The van der Waals surface area contributed by atoms with Crippen molar-refractivity contribution in [2.45, 2.75) is 12.5 Å². The lowest BCUT2D eigenvalue weighted by Gasteiger charge is -2.23. The summed E-state index contributed by atoms with van der Waals surface area (Å²) in [6.07, 6.45) is 0.812. The molecule has 3 N–H and O–H groups in total. The van der Waals surface area contributed by atoms with Crippen LogP contribution in [-0.2, 0) is 0 Å². The Bertz CT molecular complexity index is 420. The topological polar surface area (TPSA) is 59.6 Å². The SMILES string of the molecule is COc1ccc(C2CCN=C(N)N2)cc1F. The van der Waals surface area contributed by atoms with Gasteiger partial charge in [-0.1, -0.05) is 6.07 Å². The average molecular weight is 223 g/mol. The Morgan fingerprint density at radius 1 is 1.56 bits per heavy atom. The number of hydrogen-bond donors (Lipinski definition) is 2. The molecule has 1 unspecified atom stereocenters. The molecule has 0 amide bonds. The molecular weight excluding hydrogens is 209 g/mol. The monoisotopic (exact) mass is 223 g/mol. The third kappa shape index (κ3) is 2.08. The molecule has 0 spiro atoms. The first-order valence-corrected chi connectivity index (χ1v) is 5.10. The van der Waals surface area contributed by atoms with E-state index in [0.29, 0.717) is 12.5 Å². The second-order valence-corrected chi connectivity index (χ2v) is 3.65. The van der Waals surface area contributed by atoms with E-state index >= 15 is 0 Å². The number of ether oxygens (including phenoxy) is 1. The van der Waals surface area contributed by atoms with Gasteiger partial charge < -0.3 is 15.8 Å². The van der Waals surface area contributed by atoms with Gasteiger partial charge in [0.2, 0.25) is 0 Å². The fraction of sp³-hybridized carbons (Fsp3) is 0.364. The molecule has 1 aromatic rings. The molecule has 1 aromatic carbocycles. The molecule has 0 aliphatic carbocycles. The van der Waals surface area contributed by atoms with Crippen LogP contribution in [0.3, 0.4) is 0 Å². The number of methoxy groups -OCH3 is 1. The van der Waals surface area contributed by atoms with Gasteiger partial charge >= 0.3 is 0 Å². The maximum absolute atomic E-state index is 13.5. The highest BCUT2D eigenvalue weighted by atomic mass is 19.1. The van der Waals surface area contributed by atoms with E-state index in [1.165, 1.54) is 13.2 Å². The standard InChI is InChI=1S/C11H14FN3O/c1-16-10-3-2-7(6-8(10)12)9-4-5-14-11(13)15-9/h2-3,6,9H,4-5H2,1H3,(H3,13,14,15). The minimum Gasteiger partial charge on any atom is -0.494 e. The van der Waals surface area contributed by atoms with Gasteiger partial charge in [-0.15, -0.1) is 0 Å². The first-order valence-electron chi connectivity index (χ1n) is 5.10. The third-order valence-electron chi connectivity index (χ3n) is 2.60. The normalized spacial score (nSPS) is 19.9. The number of halogens is 1. The van der Waals surface area contributed by atoms with Crippen molar-refractivity contribution in [1.82, 2.24) is 5.32 Å². The van der Waals surface area contributed by atoms with Gasteiger partial charge in [0, 0.05) is 6.54 Å². The van der Waals surface area contributed by atoms with Gasteiger partial charge in [0.15, 0.2) is 17.5 Å². The first kappa shape index (κ1) is 10.7. The summed E-state index contributed by atoms with van der Waals surface area (Å²) in [4.78, 5) is 4.03. The summed E-state index contributed by atoms with van der Waals surface area (Å²) >= 11 is 0. The molecule has 2 rings (SSSR count). The number of nitrogens with zero attached hydrogens (tertiary/aromatic N) is 1. The van der Waals surface area contributed by atoms with Crippen LogP contribution in [0.5, 0.6) is 5.75 Å². The minimum atomic E-state index is -0.358. The van der Waals surface area contributed by atoms with Gasteiger partial charge in [-0.3, -0.25) is 4.99 Å². The Hall–Kier alpha value is -1.78. The van der Waals surface area contributed by atoms with E-state index in [-0.39, 0.29) is 17.6 Å². The fourth-order valence-corrected chi connectivity index (χ4v) is 1.76. The molecule has 1 aliphatic heterocycles. The molecule has 86 valence electrons. The van der Waals surface area contributed by atoms with E-state index in [2.05, 4.69) is 10.3 Å². The number of benzene rings is 1. The summed E-state index contributed by atoms with van der Waals surface area (Å²) in [5.74, 6) is 0.302. The molecular formula is C11H14FN3O. The smallest absolute Gasteiger partial charge is 0.189 e. The predicted molar refractivity (Wildman–Crippen MR) is 59.9 cm³/mol. The van der Waals surface area contributed by atoms with Crippen molar-refractivity contribution < 1.29 is 9.13 Å². The molecule has 0 fully saturated rings. The van der Waals surface area contributed by atoms with Crippen LogP contribution in [-0.4, -0.2) is 19.6 Å². The highest BCUT2D eigenvalue weighted by Gasteiger charge is 2.17. The van der Waals surface area contributed by atoms with Crippen LogP contribution in [0.2, 0.25) is 0 Å². The van der Waals surface area contributed by atoms with Crippen LogP contribution < -0.4 is 15.8 Å². The Kier molecular flexibility index (Phi) is 2.94. The van der Waals surface area contributed by atoms with E-state index in [1.54, 1.807) is 6.07 Å². The highest BCUT2D eigenvalue weighted by molar-refractivity contribution is 5.78. The van der Waals surface area contributed by atoms with Crippen LogP contribution in [0.4, 0.5) is 4.39 Å². The van der Waals surface area contributed by atoms with Crippen LogP contribution in [0.25, 0.3) is 0 Å². The summed E-state index contributed by atoms with van der Waals surface area (Å²) < 4.78 is 18.4. The van der Waals surface area contributed by atoms with Crippen LogP contribution in [0, 0.1) is 5.82 Å². The third-order valence-corrected chi connectivity index (χ3v) is 2.60. The van der Waals surface area contributed by atoms with Gasteiger partial charge in [-0.2, -0.15) is 0 Å². The molecule has 0 saturated heterocycles. The number of rotatable bonds is 2. The molecule has 4 nitrogen and oxygen atoms in total. The number of hydrogen-bond acceptors (Lipinski definition) is 4. The molecule has 0 bridgehead atoms. The first-order chi connectivity index (χ1) is 7.70. The van der Waals surface area contributed by atoms with Crippen molar-refractivity contribution in [3.63, 3.8) is 0 Å². The maximum atomic E-state index is 13.5. The quantitative estimate of drug-likeness (QED) is 0.791. The molecule has 1 aliphatic rings. The average Bonchev–Trinajstić information content (AvgIpc) is 2.29. The lowest BCUT2D eigenvalue weighted by atomic mass is 10.0. The number of aliphatic imine (C=N–C) groups is 1. The molecule has 1 atom stereocenters. The highest BCUT2D eigenvalue weighted by Crippen LogP contribution is 2.24.